The minimum absolute atomic E-state index is 0. The van der Waals surface area contributed by atoms with E-state index in [1.165, 1.54) is 0 Å². The summed E-state index contributed by atoms with van der Waals surface area (Å²) in [7, 11) is 2.00. The summed E-state index contributed by atoms with van der Waals surface area (Å²) < 4.78 is 2.00. The van der Waals surface area contributed by atoms with Crippen molar-refractivity contribution < 1.29 is 0 Å². The number of aromatic nitrogens is 1. The van der Waals surface area contributed by atoms with Crippen molar-refractivity contribution in [3.05, 3.63) is 24.5 Å². The SMILES string of the molecule is Br.Cn1cccc1. The van der Waals surface area contributed by atoms with Crippen molar-refractivity contribution in [3.8, 4) is 0 Å². The molecule has 2 heteroatoms. The lowest BCUT2D eigenvalue weighted by Crippen LogP contribution is -1.75. The number of aryl methyl sites for hydroxylation is 1. The van der Waals surface area contributed by atoms with Crippen LogP contribution in [0.2, 0.25) is 0 Å². The third kappa shape index (κ3) is 1.78. The molecule has 0 amide bonds. The topological polar surface area (TPSA) is 4.93 Å². The van der Waals surface area contributed by atoms with Crippen LogP contribution < -0.4 is 0 Å². The molecule has 1 aromatic rings. The maximum absolute atomic E-state index is 2.00. The predicted molar refractivity (Wildman–Crippen MR) is 35.7 cm³/mol. The van der Waals surface area contributed by atoms with E-state index in [9.17, 15) is 0 Å². The van der Waals surface area contributed by atoms with Gasteiger partial charge in [-0.25, -0.2) is 0 Å². The van der Waals surface area contributed by atoms with Crippen molar-refractivity contribution in [2.45, 2.75) is 0 Å². The fourth-order valence-corrected chi connectivity index (χ4v) is 0.421. The molecule has 0 unspecified atom stereocenters. The Hall–Kier alpha value is -0.240. The average Bonchev–Trinajstić information content (AvgIpc) is 1.86. The van der Waals surface area contributed by atoms with Gasteiger partial charge in [0.2, 0.25) is 0 Å². The molecule has 0 bridgehead atoms. The quantitative estimate of drug-likeness (QED) is 0.546. The van der Waals surface area contributed by atoms with Crippen LogP contribution in [0.4, 0.5) is 0 Å². The van der Waals surface area contributed by atoms with E-state index in [4.69, 9.17) is 0 Å². The normalized spacial score (nSPS) is 7.57. The Morgan fingerprint density at radius 3 is 1.71 bits per heavy atom. The summed E-state index contributed by atoms with van der Waals surface area (Å²) in [6, 6.07) is 4.00. The number of rotatable bonds is 0. The van der Waals surface area contributed by atoms with Crippen LogP contribution in [0.3, 0.4) is 0 Å². The highest BCUT2D eigenvalue weighted by Gasteiger charge is 1.68. The zero-order valence-corrected chi connectivity index (χ0v) is 5.88. The van der Waals surface area contributed by atoms with Gasteiger partial charge in [-0.3, -0.25) is 0 Å². The van der Waals surface area contributed by atoms with Gasteiger partial charge in [0.1, 0.15) is 0 Å². The molecule has 0 aliphatic carbocycles. The Labute approximate surface area is 53.7 Å². The summed E-state index contributed by atoms with van der Waals surface area (Å²) in [5.74, 6) is 0. The van der Waals surface area contributed by atoms with Crippen LogP contribution in [-0.2, 0) is 7.05 Å². The van der Waals surface area contributed by atoms with Crippen molar-refractivity contribution in [2.24, 2.45) is 7.05 Å². The van der Waals surface area contributed by atoms with Crippen molar-refractivity contribution in [2.75, 3.05) is 0 Å². The van der Waals surface area contributed by atoms with Crippen LogP contribution in [0.25, 0.3) is 0 Å². The highest BCUT2D eigenvalue weighted by molar-refractivity contribution is 8.93. The third-order valence-corrected chi connectivity index (χ3v) is 0.754. The first-order chi connectivity index (χ1) is 2.89. The molecule has 1 nitrogen and oxygen atoms in total. The zero-order chi connectivity index (χ0) is 4.41. The fourth-order valence-electron chi connectivity index (χ4n) is 0.421. The lowest BCUT2D eigenvalue weighted by molar-refractivity contribution is 0.928. The van der Waals surface area contributed by atoms with E-state index in [1.807, 2.05) is 36.1 Å². The summed E-state index contributed by atoms with van der Waals surface area (Å²) in [6.07, 6.45) is 4.00. The van der Waals surface area contributed by atoms with Gasteiger partial charge in [0.15, 0.2) is 0 Å². The molecular formula is C5H8BrN. The van der Waals surface area contributed by atoms with Gasteiger partial charge in [0, 0.05) is 19.4 Å². The van der Waals surface area contributed by atoms with Gasteiger partial charge >= 0.3 is 0 Å². The second kappa shape index (κ2) is 2.86. The van der Waals surface area contributed by atoms with E-state index in [2.05, 4.69) is 0 Å². The van der Waals surface area contributed by atoms with Crippen LogP contribution in [0.5, 0.6) is 0 Å². The monoisotopic (exact) mass is 161 g/mol. The van der Waals surface area contributed by atoms with E-state index < -0.39 is 0 Å². The first-order valence-corrected chi connectivity index (χ1v) is 1.96. The van der Waals surface area contributed by atoms with Gasteiger partial charge in [-0.15, -0.1) is 17.0 Å². The molecule has 1 heterocycles. The van der Waals surface area contributed by atoms with Gasteiger partial charge < -0.3 is 4.57 Å². The molecule has 0 spiro atoms. The molecule has 0 aliphatic rings. The molecule has 0 atom stereocenters. The molecule has 0 aliphatic heterocycles. The highest BCUT2D eigenvalue weighted by atomic mass is 79.9. The fraction of sp³-hybridized carbons (Fsp3) is 0.200. The molecule has 0 aromatic carbocycles. The van der Waals surface area contributed by atoms with Crippen LogP contribution in [0, 0.1) is 0 Å². The summed E-state index contributed by atoms with van der Waals surface area (Å²) >= 11 is 0. The number of hydrogen-bond donors (Lipinski definition) is 0. The second-order valence-electron chi connectivity index (χ2n) is 1.35. The smallest absolute Gasteiger partial charge is 0.0106 e. The van der Waals surface area contributed by atoms with E-state index in [1.54, 1.807) is 0 Å². The first-order valence-electron chi connectivity index (χ1n) is 1.96. The maximum Gasteiger partial charge on any atom is 0.0106 e. The molecule has 0 fully saturated rings. The Bertz CT molecular complexity index is 112. The molecule has 0 N–H and O–H groups in total. The van der Waals surface area contributed by atoms with Crippen LogP contribution in [-0.4, -0.2) is 4.57 Å². The zero-order valence-electron chi connectivity index (χ0n) is 4.16. The van der Waals surface area contributed by atoms with Gasteiger partial charge in [-0.2, -0.15) is 0 Å². The third-order valence-electron chi connectivity index (χ3n) is 0.754. The highest BCUT2D eigenvalue weighted by Crippen LogP contribution is 1.80. The van der Waals surface area contributed by atoms with Crippen molar-refractivity contribution in [1.82, 2.24) is 4.57 Å². The Balaban J connectivity index is 0.000000360. The summed E-state index contributed by atoms with van der Waals surface area (Å²) in [4.78, 5) is 0. The minimum atomic E-state index is 0. The molecule has 7 heavy (non-hydrogen) atoms. The summed E-state index contributed by atoms with van der Waals surface area (Å²) in [5, 5.41) is 0. The summed E-state index contributed by atoms with van der Waals surface area (Å²) in [6.45, 7) is 0. The molecule has 0 saturated heterocycles. The van der Waals surface area contributed by atoms with Crippen molar-refractivity contribution in [3.63, 3.8) is 0 Å². The predicted octanol–water partition coefficient (Wildman–Crippen LogP) is 1.60. The van der Waals surface area contributed by atoms with Crippen molar-refractivity contribution in [1.29, 1.82) is 0 Å². The summed E-state index contributed by atoms with van der Waals surface area (Å²) in [5.41, 5.74) is 0. The van der Waals surface area contributed by atoms with E-state index >= 15 is 0 Å². The van der Waals surface area contributed by atoms with Crippen molar-refractivity contribution >= 4 is 17.0 Å². The van der Waals surface area contributed by atoms with Gasteiger partial charge in [0.05, 0.1) is 0 Å². The first kappa shape index (κ1) is 6.76. The number of halogens is 1. The lowest BCUT2D eigenvalue weighted by Gasteiger charge is -1.79. The number of hydrogen-bond acceptors (Lipinski definition) is 0. The average molecular weight is 162 g/mol. The van der Waals surface area contributed by atoms with Crippen LogP contribution >= 0.6 is 17.0 Å². The molecular weight excluding hydrogens is 154 g/mol. The Morgan fingerprint density at radius 1 is 1.14 bits per heavy atom. The van der Waals surface area contributed by atoms with Gasteiger partial charge in [-0.05, 0) is 12.1 Å². The minimum Gasteiger partial charge on any atom is -0.357 e. The number of nitrogens with zero attached hydrogens (tertiary/aromatic N) is 1. The van der Waals surface area contributed by atoms with E-state index in [0.717, 1.165) is 0 Å². The molecule has 40 valence electrons. The molecule has 0 radical (unpaired) electrons. The van der Waals surface area contributed by atoms with E-state index in [0.29, 0.717) is 0 Å². The lowest BCUT2D eigenvalue weighted by atomic mass is 10.7. The van der Waals surface area contributed by atoms with Gasteiger partial charge in [0.25, 0.3) is 0 Å². The molecule has 0 saturated carbocycles. The van der Waals surface area contributed by atoms with E-state index in [-0.39, 0.29) is 17.0 Å². The van der Waals surface area contributed by atoms with Crippen LogP contribution in [0.15, 0.2) is 24.5 Å². The second-order valence-corrected chi connectivity index (χ2v) is 1.35. The van der Waals surface area contributed by atoms with Crippen LogP contribution in [0.1, 0.15) is 0 Å². The molecule has 1 rings (SSSR count). The Kier molecular flexibility index (Phi) is 2.76. The molecule has 1 aromatic heterocycles. The standard InChI is InChI=1S/C5H7N.BrH/c1-6-4-2-3-5-6;/h2-5H,1H3;1H. The van der Waals surface area contributed by atoms with Gasteiger partial charge in [-0.1, -0.05) is 0 Å². The Morgan fingerprint density at radius 2 is 1.57 bits per heavy atom. The maximum atomic E-state index is 2.00. The largest absolute Gasteiger partial charge is 0.357 e.